The van der Waals surface area contributed by atoms with Gasteiger partial charge in [0.1, 0.15) is 0 Å². The third-order valence-corrected chi connectivity index (χ3v) is 6.08. The van der Waals surface area contributed by atoms with Gasteiger partial charge < -0.3 is 0 Å². The number of hydrogen-bond acceptors (Lipinski definition) is 4. The molecule has 1 N–H and O–H groups in total. The molecule has 0 radical (unpaired) electrons. The van der Waals surface area contributed by atoms with Crippen molar-refractivity contribution in [2.75, 3.05) is 19.3 Å². The highest BCUT2D eigenvalue weighted by Gasteiger charge is 2.32. The fraction of sp³-hybridized carbons (Fsp3) is 0.500. The van der Waals surface area contributed by atoms with Crippen LogP contribution in [0.4, 0.5) is 0 Å². The Bertz CT molecular complexity index is 656. The van der Waals surface area contributed by atoms with Gasteiger partial charge in [0.25, 0.3) is 0 Å². The SMILES string of the molecule is CS(=O)(=O)N1CCCC1CNS(=O)(=O)c1ccccc1. The quantitative estimate of drug-likeness (QED) is 0.851. The van der Waals surface area contributed by atoms with E-state index in [-0.39, 0.29) is 17.5 Å². The number of rotatable bonds is 5. The molecule has 2 rings (SSSR count). The summed E-state index contributed by atoms with van der Waals surface area (Å²) in [5.41, 5.74) is 0. The van der Waals surface area contributed by atoms with Crippen LogP contribution < -0.4 is 4.72 Å². The maximum absolute atomic E-state index is 12.1. The smallest absolute Gasteiger partial charge is 0.212 e. The Morgan fingerprint density at radius 1 is 1.20 bits per heavy atom. The average molecular weight is 318 g/mol. The number of nitrogens with zero attached hydrogens (tertiary/aromatic N) is 1. The molecular weight excluding hydrogens is 300 g/mol. The van der Waals surface area contributed by atoms with Crippen molar-refractivity contribution in [3.8, 4) is 0 Å². The lowest BCUT2D eigenvalue weighted by Gasteiger charge is -2.22. The van der Waals surface area contributed by atoms with Crippen LogP contribution in [0.2, 0.25) is 0 Å². The van der Waals surface area contributed by atoms with Gasteiger partial charge in [0.15, 0.2) is 0 Å². The Morgan fingerprint density at radius 2 is 1.85 bits per heavy atom. The first kappa shape index (κ1) is 15.4. The Kier molecular flexibility index (Phi) is 4.48. The van der Waals surface area contributed by atoms with Gasteiger partial charge in [-0.25, -0.2) is 21.6 Å². The first-order valence-corrected chi connectivity index (χ1v) is 9.65. The second-order valence-electron chi connectivity index (χ2n) is 4.83. The van der Waals surface area contributed by atoms with Crippen molar-refractivity contribution in [2.24, 2.45) is 0 Å². The zero-order valence-electron chi connectivity index (χ0n) is 11.2. The predicted molar refractivity (Wildman–Crippen MR) is 76.2 cm³/mol. The first-order valence-electron chi connectivity index (χ1n) is 6.32. The van der Waals surface area contributed by atoms with E-state index in [1.54, 1.807) is 18.2 Å². The minimum Gasteiger partial charge on any atom is -0.212 e. The van der Waals surface area contributed by atoms with E-state index in [0.29, 0.717) is 13.0 Å². The lowest BCUT2D eigenvalue weighted by atomic mass is 10.2. The van der Waals surface area contributed by atoms with E-state index in [1.807, 2.05) is 0 Å². The molecule has 1 fully saturated rings. The van der Waals surface area contributed by atoms with Gasteiger partial charge in [-0.1, -0.05) is 18.2 Å². The minimum atomic E-state index is -3.59. The van der Waals surface area contributed by atoms with Crippen molar-refractivity contribution >= 4 is 20.0 Å². The normalized spacial score (nSPS) is 21.1. The van der Waals surface area contributed by atoms with Crippen LogP contribution in [0.25, 0.3) is 0 Å². The van der Waals surface area contributed by atoms with Crippen molar-refractivity contribution in [1.29, 1.82) is 0 Å². The van der Waals surface area contributed by atoms with Crippen molar-refractivity contribution in [3.05, 3.63) is 30.3 Å². The molecule has 0 aliphatic carbocycles. The summed E-state index contributed by atoms with van der Waals surface area (Å²) in [5, 5.41) is 0. The largest absolute Gasteiger partial charge is 0.240 e. The fourth-order valence-corrected chi connectivity index (χ4v) is 4.61. The number of hydrogen-bond donors (Lipinski definition) is 1. The molecule has 0 spiro atoms. The summed E-state index contributed by atoms with van der Waals surface area (Å²) in [6, 6.07) is 7.74. The third-order valence-electron chi connectivity index (χ3n) is 3.31. The topological polar surface area (TPSA) is 83.6 Å². The molecule has 0 saturated carbocycles. The van der Waals surface area contributed by atoms with Gasteiger partial charge >= 0.3 is 0 Å². The van der Waals surface area contributed by atoms with Crippen molar-refractivity contribution < 1.29 is 16.8 Å². The molecule has 1 aromatic carbocycles. The maximum Gasteiger partial charge on any atom is 0.240 e. The van der Waals surface area contributed by atoms with Crippen LogP contribution in [-0.4, -0.2) is 46.5 Å². The average Bonchev–Trinajstić information content (AvgIpc) is 2.86. The van der Waals surface area contributed by atoms with Gasteiger partial charge in [-0.15, -0.1) is 0 Å². The Labute approximate surface area is 119 Å². The molecular formula is C12H18N2O4S2. The van der Waals surface area contributed by atoms with E-state index in [1.165, 1.54) is 16.4 Å². The number of benzene rings is 1. The molecule has 1 saturated heterocycles. The molecule has 6 nitrogen and oxygen atoms in total. The Hall–Kier alpha value is -0.960. The monoisotopic (exact) mass is 318 g/mol. The summed E-state index contributed by atoms with van der Waals surface area (Å²) in [4.78, 5) is 0.184. The lowest BCUT2D eigenvalue weighted by molar-refractivity contribution is 0.388. The summed E-state index contributed by atoms with van der Waals surface area (Å²) in [5.74, 6) is 0. The molecule has 8 heteroatoms. The molecule has 1 atom stereocenters. The molecule has 1 aliphatic rings. The van der Waals surface area contributed by atoms with Crippen LogP contribution in [0.3, 0.4) is 0 Å². The molecule has 112 valence electrons. The van der Waals surface area contributed by atoms with Gasteiger partial charge in [-0.05, 0) is 25.0 Å². The Balaban J connectivity index is 2.06. The van der Waals surface area contributed by atoms with Gasteiger partial charge in [-0.2, -0.15) is 4.31 Å². The van der Waals surface area contributed by atoms with Crippen LogP contribution in [0.5, 0.6) is 0 Å². The van der Waals surface area contributed by atoms with Crippen molar-refractivity contribution in [2.45, 2.75) is 23.8 Å². The Morgan fingerprint density at radius 3 is 2.45 bits per heavy atom. The van der Waals surface area contributed by atoms with Gasteiger partial charge in [0, 0.05) is 19.1 Å². The highest BCUT2D eigenvalue weighted by molar-refractivity contribution is 7.89. The zero-order valence-corrected chi connectivity index (χ0v) is 12.8. The molecule has 0 aromatic heterocycles. The predicted octanol–water partition coefficient (Wildman–Crippen LogP) is 0.389. The summed E-state index contributed by atoms with van der Waals surface area (Å²) in [6.45, 7) is 0.556. The standard InChI is InChI=1S/C12H18N2O4S2/c1-19(15,16)14-9-5-6-11(14)10-13-20(17,18)12-7-3-2-4-8-12/h2-4,7-8,11,13H,5-6,9-10H2,1H3. The molecule has 0 amide bonds. The van der Waals surface area contributed by atoms with Crippen molar-refractivity contribution in [1.82, 2.24) is 9.03 Å². The first-order chi connectivity index (χ1) is 9.31. The van der Waals surface area contributed by atoms with Crippen molar-refractivity contribution in [3.63, 3.8) is 0 Å². The van der Waals surface area contributed by atoms with E-state index in [4.69, 9.17) is 0 Å². The van der Waals surface area contributed by atoms with E-state index in [0.717, 1.165) is 12.7 Å². The number of sulfonamides is 2. The van der Waals surface area contributed by atoms with E-state index in [2.05, 4.69) is 4.72 Å². The zero-order chi connectivity index (χ0) is 14.8. The van der Waals surface area contributed by atoms with Crippen LogP contribution in [0, 0.1) is 0 Å². The minimum absolute atomic E-state index is 0.101. The maximum atomic E-state index is 12.1. The number of nitrogens with one attached hydrogen (secondary N) is 1. The van der Waals surface area contributed by atoms with Crippen LogP contribution in [-0.2, 0) is 20.0 Å². The van der Waals surface area contributed by atoms with Crippen LogP contribution in [0.1, 0.15) is 12.8 Å². The van der Waals surface area contributed by atoms with Gasteiger partial charge in [0.2, 0.25) is 20.0 Å². The van der Waals surface area contributed by atoms with Crippen LogP contribution in [0.15, 0.2) is 35.2 Å². The molecule has 20 heavy (non-hydrogen) atoms. The molecule has 1 aliphatic heterocycles. The summed E-state index contributed by atoms with van der Waals surface area (Å²) in [7, 11) is -6.87. The highest BCUT2D eigenvalue weighted by Crippen LogP contribution is 2.20. The van der Waals surface area contributed by atoms with E-state index >= 15 is 0 Å². The molecule has 1 aromatic rings. The summed E-state index contributed by atoms with van der Waals surface area (Å²) in [6.07, 6.45) is 2.58. The molecule has 0 bridgehead atoms. The fourth-order valence-electron chi connectivity index (χ4n) is 2.34. The van der Waals surface area contributed by atoms with E-state index < -0.39 is 20.0 Å². The third kappa shape index (κ3) is 3.57. The lowest BCUT2D eigenvalue weighted by Crippen LogP contribution is -2.42. The van der Waals surface area contributed by atoms with Gasteiger partial charge in [0.05, 0.1) is 11.2 Å². The highest BCUT2D eigenvalue weighted by atomic mass is 32.2. The summed E-state index contributed by atoms with van der Waals surface area (Å²) < 4.78 is 51.2. The second kappa shape index (κ2) is 5.80. The molecule has 1 unspecified atom stereocenters. The second-order valence-corrected chi connectivity index (χ2v) is 8.54. The van der Waals surface area contributed by atoms with E-state index in [9.17, 15) is 16.8 Å². The molecule has 1 heterocycles. The van der Waals surface area contributed by atoms with Crippen LogP contribution >= 0.6 is 0 Å². The summed E-state index contributed by atoms with van der Waals surface area (Å²) >= 11 is 0. The van der Waals surface area contributed by atoms with Gasteiger partial charge in [-0.3, -0.25) is 0 Å².